The zero-order valence-electron chi connectivity index (χ0n) is 9.17. The first-order valence-electron chi connectivity index (χ1n) is 5.14. The number of aliphatic carboxylic acids is 1. The van der Waals surface area contributed by atoms with Gasteiger partial charge < -0.3 is 9.84 Å². The van der Waals surface area contributed by atoms with Crippen LogP contribution in [0.5, 0.6) is 5.75 Å². The molecule has 8 heteroatoms. The van der Waals surface area contributed by atoms with E-state index in [0.717, 1.165) is 0 Å². The summed E-state index contributed by atoms with van der Waals surface area (Å²) in [6.07, 6.45) is -7.30. The molecule has 104 valence electrons. The number of benzene rings is 1. The molecule has 0 aliphatic carbocycles. The van der Waals surface area contributed by atoms with Crippen LogP contribution in [-0.2, 0) is 11.2 Å². The van der Waals surface area contributed by atoms with Crippen molar-refractivity contribution in [2.45, 2.75) is 18.7 Å². The Labute approximate surface area is 123 Å². The fourth-order valence-corrected chi connectivity index (χ4v) is 3.37. The Morgan fingerprint density at radius 1 is 1.37 bits per heavy atom. The average Bonchev–Trinajstić information content (AvgIpc) is 2.25. The molecule has 1 aromatic carbocycles. The van der Waals surface area contributed by atoms with E-state index < -0.39 is 24.2 Å². The third-order valence-corrected chi connectivity index (χ3v) is 3.82. The molecular formula is C11H7Br2F3O3. The predicted octanol–water partition coefficient (Wildman–Crippen LogP) is 3.78. The van der Waals surface area contributed by atoms with Crippen molar-refractivity contribution in [2.24, 2.45) is 5.92 Å². The van der Waals surface area contributed by atoms with Crippen LogP contribution in [0.4, 0.5) is 13.2 Å². The van der Waals surface area contributed by atoms with E-state index in [4.69, 9.17) is 9.84 Å². The van der Waals surface area contributed by atoms with E-state index in [1.54, 1.807) is 12.1 Å². The van der Waals surface area contributed by atoms with Gasteiger partial charge in [-0.15, -0.1) is 0 Å². The monoisotopic (exact) mass is 402 g/mol. The Kier molecular flexibility index (Phi) is 3.83. The van der Waals surface area contributed by atoms with Crippen LogP contribution in [0.2, 0.25) is 0 Å². The van der Waals surface area contributed by atoms with Gasteiger partial charge in [-0.1, -0.05) is 15.9 Å². The van der Waals surface area contributed by atoms with Gasteiger partial charge in [0.2, 0.25) is 6.10 Å². The maximum atomic E-state index is 12.8. The lowest BCUT2D eigenvalue weighted by molar-refractivity contribution is -0.217. The van der Waals surface area contributed by atoms with Crippen molar-refractivity contribution in [3.05, 3.63) is 26.6 Å². The first-order valence-corrected chi connectivity index (χ1v) is 6.73. The number of rotatable bonds is 1. The van der Waals surface area contributed by atoms with Gasteiger partial charge in [-0.2, -0.15) is 13.2 Å². The zero-order valence-corrected chi connectivity index (χ0v) is 12.3. The minimum atomic E-state index is -4.73. The van der Waals surface area contributed by atoms with Crippen molar-refractivity contribution in [1.82, 2.24) is 0 Å². The number of carboxylic acid groups (broad SMARTS) is 1. The fraction of sp³-hybridized carbons (Fsp3) is 0.364. The molecule has 0 spiro atoms. The minimum Gasteiger partial charge on any atom is -0.481 e. The Bertz CT molecular complexity index is 531. The number of ether oxygens (including phenoxy) is 1. The maximum absolute atomic E-state index is 12.8. The van der Waals surface area contributed by atoms with Crippen molar-refractivity contribution >= 4 is 37.8 Å². The number of carbonyl (C=O) groups is 1. The first kappa shape index (κ1) is 14.6. The third kappa shape index (κ3) is 2.89. The molecule has 2 unspecified atom stereocenters. The van der Waals surface area contributed by atoms with Crippen molar-refractivity contribution < 1.29 is 27.8 Å². The normalized spacial score (nSPS) is 22.6. The second-order valence-electron chi connectivity index (χ2n) is 4.10. The number of alkyl halides is 3. The van der Waals surface area contributed by atoms with Crippen molar-refractivity contribution in [2.75, 3.05) is 0 Å². The summed E-state index contributed by atoms with van der Waals surface area (Å²) in [6, 6.07) is 3.11. The summed E-state index contributed by atoms with van der Waals surface area (Å²) < 4.78 is 44.4. The van der Waals surface area contributed by atoms with Crippen LogP contribution in [0, 0.1) is 5.92 Å². The average molecular weight is 404 g/mol. The van der Waals surface area contributed by atoms with E-state index in [9.17, 15) is 18.0 Å². The van der Waals surface area contributed by atoms with Crippen LogP contribution in [-0.4, -0.2) is 23.4 Å². The summed E-state index contributed by atoms with van der Waals surface area (Å²) in [5.41, 5.74) is 0.425. The molecule has 2 rings (SSSR count). The molecule has 0 bridgehead atoms. The Morgan fingerprint density at radius 3 is 2.53 bits per heavy atom. The van der Waals surface area contributed by atoms with Gasteiger partial charge in [0, 0.05) is 4.47 Å². The van der Waals surface area contributed by atoms with Gasteiger partial charge in [0.15, 0.2) is 0 Å². The minimum absolute atomic E-state index is 0.0445. The molecule has 1 heterocycles. The van der Waals surface area contributed by atoms with Crippen molar-refractivity contribution in [3.63, 3.8) is 0 Å². The molecule has 1 aliphatic rings. The van der Waals surface area contributed by atoms with Crippen LogP contribution in [0.3, 0.4) is 0 Å². The molecule has 0 saturated carbocycles. The van der Waals surface area contributed by atoms with E-state index >= 15 is 0 Å². The SMILES string of the molecule is O=C(O)C1Cc2cc(Br)cc(Br)c2OC1C(F)(F)F. The van der Waals surface area contributed by atoms with Crippen LogP contribution in [0.25, 0.3) is 0 Å². The highest BCUT2D eigenvalue weighted by Gasteiger charge is 2.52. The molecule has 0 saturated heterocycles. The Balaban J connectivity index is 2.48. The molecular weight excluding hydrogens is 397 g/mol. The lowest BCUT2D eigenvalue weighted by atomic mass is 9.90. The van der Waals surface area contributed by atoms with E-state index in [2.05, 4.69) is 31.9 Å². The summed E-state index contributed by atoms with van der Waals surface area (Å²) in [4.78, 5) is 11.0. The highest BCUT2D eigenvalue weighted by molar-refractivity contribution is 9.11. The standard InChI is InChI=1S/C11H7Br2F3O3/c12-5-1-4-2-6(10(17)18)9(11(14,15)16)19-8(4)7(13)3-5/h1,3,6,9H,2H2,(H,17,18). The van der Waals surface area contributed by atoms with E-state index in [1.165, 1.54) is 0 Å². The molecule has 1 aromatic rings. The molecule has 0 radical (unpaired) electrons. The fourth-order valence-electron chi connectivity index (χ4n) is 1.96. The van der Waals surface area contributed by atoms with Gasteiger partial charge in [-0.25, -0.2) is 0 Å². The topological polar surface area (TPSA) is 46.5 Å². The van der Waals surface area contributed by atoms with Gasteiger partial charge in [0.1, 0.15) is 11.7 Å². The van der Waals surface area contributed by atoms with Crippen LogP contribution in [0.1, 0.15) is 5.56 Å². The summed E-state index contributed by atoms with van der Waals surface area (Å²) in [7, 11) is 0. The van der Waals surface area contributed by atoms with Gasteiger partial charge in [-0.3, -0.25) is 4.79 Å². The second kappa shape index (κ2) is 4.97. The first-order chi connectivity index (χ1) is 8.70. The quantitative estimate of drug-likeness (QED) is 0.776. The summed E-state index contributed by atoms with van der Waals surface area (Å²) in [5, 5.41) is 8.93. The summed E-state index contributed by atoms with van der Waals surface area (Å²) >= 11 is 6.31. The number of hydrogen-bond donors (Lipinski definition) is 1. The van der Waals surface area contributed by atoms with E-state index in [0.29, 0.717) is 14.5 Å². The van der Waals surface area contributed by atoms with Gasteiger partial charge >= 0.3 is 12.1 Å². The van der Waals surface area contributed by atoms with Crippen molar-refractivity contribution in [3.8, 4) is 5.75 Å². The third-order valence-electron chi connectivity index (χ3n) is 2.78. The number of hydrogen-bond acceptors (Lipinski definition) is 2. The van der Waals surface area contributed by atoms with Crippen LogP contribution >= 0.6 is 31.9 Å². The van der Waals surface area contributed by atoms with Crippen molar-refractivity contribution in [1.29, 1.82) is 0 Å². The van der Waals surface area contributed by atoms with Gasteiger partial charge in [0.25, 0.3) is 0 Å². The number of halogens is 5. The van der Waals surface area contributed by atoms with Crippen LogP contribution < -0.4 is 4.74 Å². The summed E-state index contributed by atoms with van der Waals surface area (Å²) in [6.45, 7) is 0. The maximum Gasteiger partial charge on any atom is 0.426 e. The smallest absolute Gasteiger partial charge is 0.426 e. The molecule has 2 atom stereocenters. The Hall–Kier alpha value is -0.760. The highest BCUT2D eigenvalue weighted by Crippen LogP contribution is 2.43. The van der Waals surface area contributed by atoms with E-state index in [1.807, 2.05) is 0 Å². The van der Waals surface area contributed by atoms with Gasteiger partial charge in [-0.05, 0) is 40.0 Å². The predicted molar refractivity (Wildman–Crippen MR) is 67.1 cm³/mol. The van der Waals surface area contributed by atoms with Gasteiger partial charge in [0.05, 0.1) is 4.47 Å². The molecule has 0 fully saturated rings. The number of carboxylic acids is 1. The highest BCUT2D eigenvalue weighted by atomic mass is 79.9. The molecule has 1 N–H and O–H groups in total. The molecule has 0 aromatic heterocycles. The Morgan fingerprint density at radius 2 is 2.00 bits per heavy atom. The van der Waals surface area contributed by atoms with Crippen LogP contribution in [0.15, 0.2) is 21.1 Å². The molecule has 3 nitrogen and oxygen atoms in total. The molecule has 19 heavy (non-hydrogen) atoms. The molecule has 1 aliphatic heterocycles. The van der Waals surface area contributed by atoms with E-state index in [-0.39, 0.29) is 12.2 Å². The second-order valence-corrected chi connectivity index (χ2v) is 5.87. The largest absolute Gasteiger partial charge is 0.481 e. The lowest BCUT2D eigenvalue weighted by Gasteiger charge is -2.33. The lowest BCUT2D eigenvalue weighted by Crippen LogP contribution is -2.47. The number of fused-ring (bicyclic) bond motifs is 1. The molecule has 0 amide bonds. The zero-order chi connectivity index (χ0) is 14.4. The summed E-state index contributed by atoms with van der Waals surface area (Å²) in [5.74, 6) is -3.12.